The molecule has 0 spiro atoms. The number of carbonyl (C=O) groups excluding carboxylic acids is 3. The van der Waals surface area contributed by atoms with Gasteiger partial charge in [0.1, 0.15) is 11.4 Å². The maximum Gasteiger partial charge on any atom is 0.257 e. The number of para-hydroxylation sites is 1. The summed E-state index contributed by atoms with van der Waals surface area (Å²) in [6.45, 7) is 1.92. The van der Waals surface area contributed by atoms with Crippen LogP contribution in [0.3, 0.4) is 0 Å². The van der Waals surface area contributed by atoms with Crippen molar-refractivity contribution >= 4 is 24.2 Å². The zero-order valence-electron chi connectivity index (χ0n) is 17.4. The molecule has 2 aromatic rings. The number of rotatable bonds is 10. The lowest BCUT2D eigenvalue weighted by Crippen LogP contribution is -2.29. The second-order valence-electron chi connectivity index (χ2n) is 7.16. The number of nitrogens with zero attached hydrogens (tertiary/aromatic N) is 1. The molecule has 0 radical (unpaired) electrons. The number of aldehydes is 2. The number of benzene rings is 2. The molecule has 0 bridgehead atoms. The van der Waals surface area contributed by atoms with Crippen molar-refractivity contribution in [2.75, 3.05) is 19.4 Å². The predicted octanol–water partition coefficient (Wildman–Crippen LogP) is 2.73. The van der Waals surface area contributed by atoms with Gasteiger partial charge in [0.15, 0.2) is 18.3 Å². The first-order valence-electron chi connectivity index (χ1n) is 9.63. The van der Waals surface area contributed by atoms with Gasteiger partial charge in [-0.3, -0.25) is 14.4 Å². The van der Waals surface area contributed by atoms with Crippen molar-refractivity contribution in [3.63, 3.8) is 0 Å². The lowest BCUT2D eigenvalue weighted by Gasteiger charge is -2.18. The lowest BCUT2D eigenvalue weighted by molar-refractivity contribution is -0.107. The van der Waals surface area contributed by atoms with Gasteiger partial charge in [0.25, 0.3) is 5.91 Å². The van der Waals surface area contributed by atoms with E-state index in [2.05, 4.69) is 10.6 Å². The van der Waals surface area contributed by atoms with Crippen molar-refractivity contribution in [2.24, 2.45) is 0 Å². The molecule has 30 heavy (non-hydrogen) atoms. The molecule has 2 aromatic carbocycles. The van der Waals surface area contributed by atoms with Gasteiger partial charge in [0.05, 0.1) is 11.3 Å². The molecule has 0 heterocycles. The molecule has 3 N–H and O–H groups in total. The van der Waals surface area contributed by atoms with Gasteiger partial charge in [-0.2, -0.15) is 0 Å². The molecule has 2 rings (SSSR count). The van der Waals surface area contributed by atoms with Crippen molar-refractivity contribution in [2.45, 2.75) is 25.8 Å². The highest BCUT2D eigenvalue weighted by Gasteiger charge is 2.17. The Kier molecular flexibility index (Phi) is 8.17. The zero-order chi connectivity index (χ0) is 22.1. The number of anilines is 1. The average Bonchev–Trinajstić information content (AvgIpc) is 2.75. The van der Waals surface area contributed by atoms with E-state index >= 15 is 0 Å². The van der Waals surface area contributed by atoms with E-state index in [-0.39, 0.29) is 40.3 Å². The summed E-state index contributed by atoms with van der Waals surface area (Å²) in [6.07, 6.45) is 2.63. The van der Waals surface area contributed by atoms with Crippen molar-refractivity contribution in [1.82, 2.24) is 10.2 Å². The summed E-state index contributed by atoms with van der Waals surface area (Å²) in [4.78, 5) is 36.8. The number of aromatic hydroxyl groups is 1. The molecule has 7 heteroatoms. The number of nitrogens with one attached hydrogen (secondary N) is 2. The number of aryl methyl sites for hydroxylation is 1. The van der Waals surface area contributed by atoms with Crippen LogP contribution in [0.25, 0.3) is 0 Å². The number of carbonyl (C=O) groups is 3. The fourth-order valence-electron chi connectivity index (χ4n) is 2.90. The molecular formula is C23H27N3O4. The summed E-state index contributed by atoms with van der Waals surface area (Å²) in [5.74, 6) is -0.672. The van der Waals surface area contributed by atoms with Crippen LogP contribution in [0.5, 0.6) is 5.75 Å². The van der Waals surface area contributed by atoms with Crippen LogP contribution >= 0.6 is 0 Å². The van der Waals surface area contributed by atoms with Crippen molar-refractivity contribution in [3.8, 4) is 5.75 Å². The third-order valence-electron chi connectivity index (χ3n) is 4.58. The van der Waals surface area contributed by atoms with Crippen LogP contribution in [0.15, 0.2) is 59.9 Å². The summed E-state index contributed by atoms with van der Waals surface area (Å²) < 4.78 is 0. The molecule has 0 fully saturated rings. The summed E-state index contributed by atoms with van der Waals surface area (Å²) in [6, 6.07) is 14.5. The minimum absolute atomic E-state index is 0.0266. The topological polar surface area (TPSA) is 98.7 Å². The Morgan fingerprint density at radius 2 is 1.70 bits per heavy atom. The Bertz CT molecular complexity index is 923. The van der Waals surface area contributed by atoms with Crippen LogP contribution in [0.1, 0.15) is 29.3 Å². The van der Waals surface area contributed by atoms with E-state index in [4.69, 9.17) is 0 Å². The Morgan fingerprint density at radius 1 is 1.03 bits per heavy atom. The SMILES string of the molecule is CC(CCc1ccccc1)N/C(C=O)=C(/C=O)Nc1cccc(C(=O)N(C)C)c1O. The van der Waals surface area contributed by atoms with Crippen LogP contribution in [-0.2, 0) is 16.0 Å². The number of hydrogen-bond acceptors (Lipinski definition) is 6. The Morgan fingerprint density at radius 3 is 2.30 bits per heavy atom. The summed E-state index contributed by atoms with van der Waals surface area (Å²) in [7, 11) is 3.15. The highest BCUT2D eigenvalue weighted by Crippen LogP contribution is 2.29. The number of phenols is 1. The largest absolute Gasteiger partial charge is 0.505 e. The molecule has 0 aliphatic heterocycles. The smallest absolute Gasteiger partial charge is 0.257 e. The van der Waals surface area contributed by atoms with Crippen molar-refractivity contribution in [1.29, 1.82) is 0 Å². The monoisotopic (exact) mass is 409 g/mol. The lowest BCUT2D eigenvalue weighted by atomic mass is 10.1. The third-order valence-corrected chi connectivity index (χ3v) is 4.58. The van der Waals surface area contributed by atoms with Gasteiger partial charge < -0.3 is 20.6 Å². The Labute approximate surface area is 176 Å². The standard InChI is InChI=1S/C23H27N3O4/c1-16(12-13-17-8-5-4-6-9-17)24-20(14-27)21(15-28)25-19-11-7-10-18(22(19)29)23(30)26(2)3/h4-11,14-16,24-25,29H,12-13H2,1-3H3/b21-20-. The Balaban J connectivity index is 2.17. The van der Waals surface area contributed by atoms with Crippen molar-refractivity contribution in [3.05, 3.63) is 71.1 Å². The number of amides is 1. The van der Waals surface area contributed by atoms with Crippen LogP contribution < -0.4 is 10.6 Å². The molecule has 0 aliphatic rings. The molecule has 158 valence electrons. The molecule has 0 saturated carbocycles. The molecular weight excluding hydrogens is 382 g/mol. The minimum Gasteiger partial charge on any atom is -0.505 e. The molecule has 0 aliphatic carbocycles. The fourth-order valence-corrected chi connectivity index (χ4v) is 2.90. The minimum atomic E-state index is -0.379. The second-order valence-corrected chi connectivity index (χ2v) is 7.16. The van der Waals surface area contributed by atoms with Gasteiger partial charge >= 0.3 is 0 Å². The van der Waals surface area contributed by atoms with Gasteiger partial charge in [0, 0.05) is 20.1 Å². The van der Waals surface area contributed by atoms with Crippen LogP contribution in [0.2, 0.25) is 0 Å². The van der Waals surface area contributed by atoms with E-state index in [1.807, 2.05) is 37.3 Å². The fraction of sp³-hybridized carbons (Fsp3) is 0.261. The maximum atomic E-state index is 12.2. The van der Waals surface area contributed by atoms with Gasteiger partial charge in [-0.15, -0.1) is 0 Å². The molecule has 1 atom stereocenters. The number of hydrogen-bond donors (Lipinski definition) is 3. The van der Waals surface area contributed by atoms with E-state index in [0.29, 0.717) is 12.6 Å². The van der Waals surface area contributed by atoms with E-state index < -0.39 is 0 Å². The van der Waals surface area contributed by atoms with E-state index in [0.717, 1.165) is 12.8 Å². The van der Waals surface area contributed by atoms with Crippen LogP contribution in [0.4, 0.5) is 5.69 Å². The highest BCUT2D eigenvalue weighted by molar-refractivity contribution is 5.99. The third kappa shape index (κ3) is 5.94. The molecule has 1 amide bonds. The zero-order valence-corrected chi connectivity index (χ0v) is 17.4. The van der Waals surface area contributed by atoms with Crippen LogP contribution in [-0.4, -0.2) is 48.6 Å². The first kappa shape index (κ1) is 22.7. The van der Waals surface area contributed by atoms with E-state index in [1.165, 1.54) is 22.6 Å². The normalized spacial score (nSPS) is 12.4. The molecule has 0 saturated heterocycles. The molecule has 0 aromatic heterocycles. The summed E-state index contributed by atoms with van der Waals surface area (Å²) in [5.41, 5.74) is 1.48. The predicted molar refractivity (Wildman–Crippen MR) is 116 cm³/mol. The number of allylic oxidation sites excluding steroid dienone is 2. The molecule has 1 unspecified atom stereocenters. The average molecular weight is 409 g/mol. The van der Waals surface area contributed by atoms with Gasteiger partial charge in [0.2, 0.25) is 0 Å². The first-order valence-corrected chi connectivity index (χ1v) is 9.63. The van der Waals surface area contributed by atoms with Gasteiger partial charge in [-0.05, 0) is 37.5 Å². The second kappa shape index (κ2) is 10.8. The van der Waals surface area contributed by atoms with E-state index in [9.17, 15) is 19.5 Å². The highest BCUT2D eigenvalue weighted by atomic mass is 16.3. The van der Waals surface area contributed by atoms with Crippen LogP contribution in [0, 0.1) is 0 Å². The first-order chi connectivity index (χ1) is 14.4. The summed E-state index contributed by atoms with van der Waals surface area (Å²) >= 11 is 0. The maximum absolute atomic E-state index is 12.2. The quantitative estimate of drug-likeness (QED) is 0.317. The van der Waals surface area contributed by atoms with Gasteiger partial charge in [-0.25, -0.2) is 0 Å². The molecule has 7 nitrogen and oxygen atoms in total. The number of phenolic OH excluding ortho intramolecular Hbond substituents is 1. The van der Waals surface area contributed by atoms with Gasteiger partial charge in [-0.1, -0.05) is 36.4 Å². The van der Waals surface area contributed by atoms with Crippen molar-refractivity contribution < 1.29 is 19.5 Å². The van der Waals surface area contributed by atoms with E-state index in [1.54, 1.807) is 20.2 Å². The Hall–Kier alpha value is -3.61. The summed E-state index contributed by atoms with van der Waals surface area (Å²) in [5, 5.41) is 16.2.